The molecule has 0 unspecified atom stereocenters. The fourth-order valence-corrected chi connectivity index (χ4v) is 4.39. The minimum Gasteiger partial charge on any atom is -0.454 e. The van der Waals surface area contributed by atoms with Gasteiger partial charge in [0.1, 0.15) is 5.82 Å². The number of nitrogens with zero attached hydrogens (tertiary/aromatic N) is 2. The number of rotatable bonds is 1. The Morgan fingerprint density at radius 2 is 2.26 bits per heavy atom. The van der Waals surface area contributed by atoms with Crippen LogP contribution in [0.3, 0.4) is 0 Å². The Hall–Kier alpha value is -1.86. The molecule has 23 heavy (non-hydrogen) atoms. The molecule has 0 saturated carbocycles. The molecule has 6 nitrogen and oxygen atoms in total. The number of carbonyl (C=O) groups is 1. The summed E-state index contributed by atoms with van der Waals surface area (Å²) in [5.41, 5.74) is 2.85. The number of ether oxygens (including phenoxy) is 2. The van der Waals surface area contributed by atoms with Gasteiger partial charge in [-0.15, -0.1) is 11.8 Å². The molecule has 1 atom stereocenters. The topological polar surface area (TPSA) is 65.4 Å². The summed E-state index contributed by atoms with van der Waals surface area (Å²) in [4.78, 5) is 12.0. The van der Waals surface area contributed by atoms with Crippen LogP contribution >= 0.6 is 23.4 Å². The van der Waals surface area contributed by atoms with E-state index in [4.69, 9.17) is 21.1 Å². The molecule has 0 saturated heterocycles. The van der Waals surface area contributed by atoms with Gasteiger partial charge in [-0.25, -0.2) is 0 Å². The first-order chi connectivity index (χ1) is 11.0. The molecule has 0 radical (unpaired) electrons. The lowest BCUT2D eigenvalue weighted by Crippen LogP contribution is -2.15. The molecular weight excluding hydrogens is 338 g/mol. The van der Waals surface area contributed by atoms with Crippen molar-refractivity contribution in [1.82, 2.24) is 9.78 Å². The van der Waals surface area contributed by atoms with Gasteiger partial charge in [0.2, 0.25) is 12.7 Å². The first-order valence-electron chi connectivity index (χ1n) is 7.08. The number of hydrogen-bond donors (Lipinski definition) is 1. The van der Waals surface area contributed by atoms with Crippen LogP contribution in [-0.2, 0) is 11.8 Å². The summed E-state index contributed by atoms with van der Waals surface area (Å²) in [7, 11) is 1.83. The number of aryl methyl sites for hydroxylation is 2. The van der Waals surface area contributed by atoms with Crippen molar-refractivity contribution < 1.29 is 14.3 Å². The monoisotopic (exact) mass is 351 g/mol. The number of hydrogen-bond acceptors (Lipinski definition) is 5. The average Bonchev–Trinajstić information content (AvgIpc) is 3.01. The van der Waals surface area contributed by atoms with E-state index in [1.165, 1.54) is 0 Å². The Morgan fingerprint density at radius 1 is 1.43 bits per heavy atom. The second-order valence-corrected chi connectivity index (χ2v) is 6.95. The average molecular weight is 352 g/mol. The van der Waals surface area contributed by atoms with Gasteiger partial charge in [0.05, 0.1) is 21.7 Å². The molecule has 8 heteroatoms. The maximum Gasteiger partial charge on any atom is 0.235 e. The van der Waals surface area contributed by atoms with Crippen molar-refractivity contribution in [2.75, 3.05) is 17.9 Å². The predicted octanol–water partition coefficient (Wildman–Crippen LogP) is 2.89. The second kappa shape index (κ2) is 5.35. The SMILES string of the molecule is Cc1nn(C)c2c1[C@@H](c1cc(Cl)c3c(c1)OCO3)SCC(=O)N2. The van der Waals surface area contributed by atoms with E-state index >= 15 is 0 Å². The van der Waals surface area contributed by atoms with Crippen LogP contribution in [-0.4, -0.2) is 28.2 Å². The lowest BCUT2D eigenvalue weighted by Gasteiger charge is -2.16. The van der Waals surface area contributed by atoms with E-state index < -0.39 is 0 Å². The van der Waals surface area contributed by atoms with Crippen molar-refractivity contribution in [3.63, 3.8) is 0 Å². The molecule has 0 bridgehead atoms. The molecule has 1 N–H and O–H groups in total. The fourth-order valence-electron chi connectivity index (χ4n) is 2.95. The van der Waals surface area contributed by atoms with Crippen LogP contribution in [0.5, 0.6) is 11.5 Å². The molecule has 2 aliphatic heterocycles. The van der Waals surface area contributed by atoms with Crippen molar-refractivity contribution in [2.45, 2.75) is 12.2 Å². The first-order valence-corrected chi connectivity index (χ1v) is 8.51. The minimum absolute atomic E-state index is 0.0337. The van der Waals surface area contributed by atoms with E-state index in [0.717, 1.165) is 22.6 Å². The number of thioether (sulfide) groups is 1. The third kappa shape index (κ3) is 2.35. The standard InChI is InChI=1S/C15H14ClN3O3S/c1-7-12-14(23-5-11(20)17-15(12)19(2)18-7)8-3-9(16)13-10(4-8)21-6-22-13/h3-4,14H,5-6H2,1-2H3,(H,17,20)/t14-/m1/s1. The summed E-state index contributed by atoms with van der Waals surface area (Å²) in [5, 5.41) is 7.83. The highest BCUT2D eigenvalue weighted by molar-refractivity contribution is 8.00. The second-order valence-electron chi connectivity index (χ2n) is 5.45. The van der Waals surface area contributed by atoms with Gasteiger partial charge in [-0.05, 0) is 24.6 Å². The van der Waals surface area contributed by atoms with Crippen molar-refractivity contribution in [2.24, 2.45) is 7.05 Å². The van der Waals surface area contributed by atoms with Crippen molar-refractivity contribution in [1.29, 1.82) is 0 Å². The zero-order valence-electron chi connectivity index (χ0n) is 12.6. The van der Waals surface area contributed by atoms with Crippen LogP contribution in [0.15, 0.2) is 12.1 Å². The molecule has 120 valence electrons. The highest BCUT2D eigenvalue weighted by Crippen LogP contribution is 2.48. The summed E-state index contributed by atoms with van der Waals surface area (Å²) in [5.74, 6) is 2.28. The molecule has 4 rings (SSSR count). The highest BCUT2D eigenvalue weighted by atomic mass is 35.5. The van der Waals surface area contributed by atoms with Gasteiger partial charge in [-0.3, -0.25) is 9.48 Å². The molecular formula is C15H14ClN3O3S. The largest absolute Gasteiger partial charge is 0.454 e. The van der Waals surface area contributed by atoms with Gasteiger partial charge in [0.15, 0.2) is 11.5 Å². The van der Waals surface area contributed by atoms with Crippen LogP contribution < -0.4 is 14.8 Å². The fraction of sp³-hybridized carbons (Fsp3) is 0.333. The number of halogens is 1. The summed E-state index contributed by atoms with van der Waals surface area (Å²) >= 11 is 7.87. The van der Waals surface area contributed by atoms with Gasteiger partial charge in [0, 0.05) is 12.6 Å². The number of carbonyl (C=O) groups excluding carboxylic acids is 1. The maximum absolute atomic E-state index is 12.0. The minimum atomic E-state index is -0.0513. The maximum atomic E-state index is 12.0. The van der Waals surface area contributed by atoms with Crippen molar-refractivity contribution in [3.05, 3.63) is 34.0 Å². The van der Waals surface area contributed by atoms with Crippen LogP contribution in [0.25, 0.3) is 0 Å². The van der Waals surface area contributed by atoms with Gasteiger partial charge in [-0.2, -0.15) is 5.10 Å². The molecule has 0 fully saturated rings. The quantitative estimate of drug-likeness (QED) is 0.855. The van der Waals surface area contributed by atoms with Crippen LogP contribution in [0.1, 0.15) is 22.1 Å². The zero-order valence-corrected chi connectivity index (χ0v) is 14.1. The van der Waals surface area contributed by atoms with Gasteiger partial charge < -0.3 is 14.8 Å². The number of benzene rings is 1. The Kier molecular flexibility index (Phi) is 3.42. The van der Waals surface area contributed by atoms with Crippen LogP contribution in [0.4, 0.5) is 5.82 Å². The summed E-state index contributed by atoms with van der Waals surface area (Å²) in [6.07, 6.45) is 0. The number of nitrogens with one attached hydrogen (secondary N) is 1. The van der Waals surface area contributed by atoms with E-state index in [2.05, 4.69) is 10.4 Å². The van der Waals surface area contributed by atoms with Crippen molar-refractivity contribution in [3.8, 4) is 11.5 Å². The van der Waals surface area contributed by atoms with E-state index in [-0.39, 0.29) is 18.0 Å². The summed E-state index contributed by atoms with van der Waals surface area (Å²) < 4.78 is 12.5. The highest BCUT2D eigenvalue weighted by Gasteiger charge is 2.31. The van der Waals surface area contributed by atoms with Gasteiger partial charge in [0.25, 0.3) is 0 Å². The molecule has 1 aromatic carbocycles. The molecule has 1 amide bonds. The number of amides is 1. The van der Waals surface area contributed by atoms with E-state index in [1.54, 1.807) is 16.4 Å². The summed E-state index contributed by atoms with van der Waals surface area (Å²) in [6.45, 7) is 2.12. The molecule has 2 aromatic rings. The van der Waals surface area contributed by atoms with E-state index in [1.807, 2.05) is 26.1 Å². The van der Waals surface area contributed by atoms with Gasteiger partial charge >= 0.3 is 0 Å². The lowest BCUT2D eigenvalue weighted by molar-refractivity contribution is -0.113. The molecule has 3 heterocycles. The first kappa shape index (κ1) is 14.7. The summed E-state index contributed by atoms with van der Waals surface area (Å²) in [6, 6.07) is 3.80. The lowest BCUT2D eigenvalue weighted by atomic mass is 10.0. The number of aromatic nitrogens is 2. The Bertz CT molecular complexity index is 821. The van der Waals surface area contributed by atoms with Crippen molar-refractivity contribution >= 4 is 35.1 Å². The van der Waals surface area contributed by atoms with E-state index in [9.17, 15) is 4.79 Å². The van der Waals surface area contributed by atoms with E-state index in [0.29, 0.717) is 22.3 Å². The smallest absolute Gasteiger partial charge is 0.235 e. The predicted molar refractivity (Wildman–Crippen MR) is 88.5 cm³/mol. The zero-order chi connectivity index (χ0) is 16.1. The van der Waals surface area contributed by atoms with Gasteiger partial charge in [-0.1, -0.05) is 11.6 Å². The third-order valence-electron chi connectivity index (χ3n) is 3.92. The molecule has 2 aliphatic rings. The number of fused-ring (bicyclic) bond motifs is 2. The Balaban J connectivity index is 1.86. The number of anilines is 1. The molecule has 0 aliphatic carbocycles. The normalized spacial score (nSPS) is 19.3. The third-order valence-corrected chi connectivity index (χ3v) is 5.47. The Morgan fingerprint density at radius 3 is 3.09 bits per heavy atom. The Labute approximate surface area is 142 Å². The molecule has 1 aromatic heterocycles. The van der Waals surface area contributed by atoms with Crippen LogP contribution in [0, 0.1) is 6.92 Å². The van der Waals surface area contributed by atoms with Crippen LogP contribution in [0.2, 0.25) is 5.02 Å². The molecule has 0 spiro atoms.